The maximum Gasteiger partial charge on any atom is 0.138 e. The van der Waals surface area contributed by atoms with E-state index in [1.807, 2.05) is 48.5 Å². The lowest BCUT2D eigenvalue weighted by molar-refractivity contribution is 0.109. The highest BCUT2D eigenvalue weighted by molar-refractivity contribution is 5.57. The molecule has 0 aliphatic carbocycles. The number of phenols is 1. The van der Waals surface area contributed by atoms with Crippen LogP contribution in [0.1, 0.15) is 11.7 Å². The van der Waals surface area contributed by atoms with Crippen molar-refractivity contribution >= 4 is 5.69 Å². The molecule has 1 heterocycles. The molecule has 1 aliphatic rings. The zero-order chi connectivity index (χ0) is 15.4. The fourth-order valence-electron chi connectivity index (χ4n) is 2.93. The number of para-hydroxylation sites is 2. The number of β-amino-alcohol motifs (C(OH)–C–C–N with tert-alkyl or cyclic N) is 1. The van der Waals surface area contributed by atoms with Crippen LogP contribution in [0.2, 0.25) is 0 Å². The van der Waals surface area contributed by atoms with Crippen LogP contribution in [-0.2, 0) is 0 Å². The standard InChI is InChI=1S/C18H22N2O2/c21-17-9-5-4-8-16(17)20-12-10-19(11-13-20)14-18(22)15-6-2-1-3-7-15/h1-9,18,21-22H,10-14H2. The van der Waals surface area contributed by atoms with Gasteiger partial charge in [0.05, 0.1) is 11.8 Å². The first kappa shape index (κ1) is 14.9. The van der Waals surface area contributed by atoms with Crippen molar-refractivity contribution in [2.45, 2.75) is 6.10 Å². The lowest BCUT2D eigenvalue weighted by Crippen LogP contribution is -2.47. The lowest BCUT2D eigenvalue weighted by atomic mass is 10.1. The zero-order valence-electron chi connectivity index (χ0n) is 12.6. The minimum Gasteiger partial charge on any atom is -0.506 e. The maximum absolute atomic E-state index is 10.3. The van der Waals surface area contributed by atoms with Crippen LogP contribution in [0.3, 0.4) is 0 Å². The topological polar surface area (TPSA) is 46.9 Å². The third-order valence-electron chi connectivity index (χ3n) is 4.21. The van der Waals surface area contributed by atoms with E-state index < -0.39 is 6.10 Å². The minimum atomic E-state index is -0.446. The smallest absolute Gasteiger partial charge is 0.138 e. The largest absolute Gasteiger partial charge is 0.506 e. The number of anilines is 1. The second-order valence-electron chi connectivity index (χ2n) is 5.70. The van der Waals surface area contributed by atoms with Crippen LogP contribution in [0.5, 0.6) is 5.75 Å². The molecule has 3 rings (SSSR count). The maximum atomic E-state index is 10.3. The number of rotatable bonds is 4. The summed E-state index contributed by atoms with van der Waals surface area (Å²) < 4.78 is 0. The lowest BCUT2D eigenvalue weighted by Gasteiger charge is -2.37. The second-order valence-corrected chi connectivity index (χ2v) is 5.70. The third-order valence-corrected chi connectivity index (χ3v) is 4.21. The highest BCUT2D eigenvalue weighted by Crippen LogP contribution is 2.27. The molecule has 1 unspecified atom stereocenters. The SMILES string of the molecule is Oc1ccccc1N1CCN(CC(O)c2ccccc2)CC1. The van der Waals surface area contributed by atoms with E-state index in [0.717, 1.165) is 37.4 Å². The second kappa shape index (κ2) is 6.81. The Morgan fingerprint density at radius 2 is 1.50 bits per heavy atom. The predicted octanol–water partition coefficient (Wildman–Crippen LogP) is 2.25. The monoisotopic (exact) mass is 298 g/mol. The van der Waals surface area contributed by atoms with Gasteiger partial charge >= 0.3 is 0 Å². The molecule has 2 N–H and O–H groups in total. The fraction of sp³-hybridized carbons (Fsp3) is 0.333. The summed E-state index contributed by atoms with van der Waals surface area (Å²) in [7, 11) is 0. The van der Waals surface area contributed by atoms with Crippen LogP contribution < -0.4 is 4.90 Å². The summed E-state index contributed by atoms with van der Waals surface area (Å²) in [5, 5.41) is 20.2. The average molecular weight is 298 g/mol. The van der Waals surface area contributed by atoms with E-state index in [4.69, 9.17) is 0 Å². The summed E-state index contributed by atoms with van der Waals surface area (Å²) in [4.78, 5) is 4.47. The molecule has 22 heavy (non-hydrogen) atoms. The van der Waals surface area contributed by atoms with Crippen molar-refractivity contribution in [1.82, 2.24) is 4.90 Å². The number of nitrogens with zero attached hydrogens (tertiary/aromatic N) is 2. The first-order valence-corrected chi connectivity index (χ1v) is 7.72. The molecule has 0 aromatic heterocycles. The zero-order valence-corrected chi connectivity index (χ0v) is 12.6. The van der Waals surface area contributed by atoms with Gasteiger partial charge in [0, 0.05) is 32.7 Å². The first-order valence-electron chi connectivity index (χ1n) is 7.72. The molecule has 4 heteroatoms. The van der Waals surface area contributed by atoms with Gasteiger partial charge < -0.3 is 15.1 Å². The van der Waals surface area contributed by atoms with E-state index in [0.29, 0.717) is 12.3 Å². The highest BCUT2D eigenvalue weighted by Gasteiger charge is 2.21. The number of aliphatic hydroxyl groups is 1. The van der Waals surface area contributed by atoms with Gasteiger partial charge in [-0.15, -0.1) is 0 Å². The molecule has 0 spiro atoms. The fourth-order valence-corrected chi connectivity index (χ4v) is 2.93. The minimum absolute atomic E-state index is 0.334. The van der Waals surface area contributed by atoms with E-state index in [9.17, 15) is 10.2 Å². The van der Waals surface area contributed by atoms with Gasteiger partial charge in [-0.2, -0.15) is 0 Å². The van der Waals surface area contributed by atoms with Gasteiger partial charge in [-0.1, -0.05) is 42.5 Å². The summed E-state index contributed by atoms with van der Waals surface area (Å²) in [6.45, 7) is 4.15. The number of piperazine rings is 1. The van der Waals surface area contributed by atoms with Gasteiger partial charge in [-0.3, -0.25) is 4.90 Å². The van der Waals surface area contributed by atoms with E-state index in [-0.39, 0.29) is 0 Å². The Labute approximate surface area is 131 Å². The summed E-state index contributed by atoms with van der Waals surface area (Å²) in [6.07, 6.45) is -0.446. The van der Waals surface area contributed by atoms with Crippen LogP contribution in [0.4, 0.5) is 5.69 Å². The molecular formula is C18H22N2O2. The van der Waals surface area contributed by atoms with Crippen molar-refractivity contribution < 1.29 is 10.2 Å². The van der Waals surface area contributed by atoms with Crippen molar-refractivity contribution in [3.63, 3.8) is 0 Å². The number of benzene rings is 2. The van der Waals surface area contributed by atoms with Crippen LogP contribution >= 0.6 is 0 Å². The van der Waals surface area contributed by atoms with Crippen molar-refractivity contribution in [2.24, 2.45) is 0 Å². The number of aliphatic hydroxyl groups excluding tert-OH is 1. The Hall–Kier alpha value is -2.04. The van der Waals surface area contributed by atoms with Crippen LogP contribution in [0.25, 0.3) is 0 Å². The van der Waals surface area contributed by atoms with Crippen LogP contribution in [0, 0.1) is 0 Å². The number of phenolic OH excluding ortho intramolecular Hbond substituents is 1. The molecule has 2 aromatic carbocycles. The Balaban J connectivity index is 1.55. The summed E-state index contributed by atoms with van der Waals surface area (Å²) in [5.74, 6) is 0.334. The molecule has 4 nitrogen and oxygen atoms in total. The first-order chi connectivity index (χ1) is 10.7. The van der Waals surface area contributed by atoms with Crippen molar-refractivity contribution in [1.29, 1.82) is 0 Å². The molecule has 1 atom stereocenters. The van der Waals surface area contributed by atoms with Crippen LogP contribution in [-0.4, -0.2) is 47.8 Å². The average Bonchev–Trinajstić information content (AvgIpc) is 2.57. The number of aromatic hydroxyl groups is 1. The molecule has 0 radical (unpaired) electrons. The van der Waals surface area contributed by atoms with Crippen LogP contribution in [0.15, 0.2) is 54.6 Å². The normalized spacial score (nSPS) is 17.4. The Kier molecular flexibility index (Phi) is 4.61. The molecule has 2 aromatic rings. The molecule has 0 saturated carbocycles. The highest BCUT2D eigenvalue weighted by atomic mass is 16.3. The summed E-state index contributed by atoms with van der Waals surface area (Å²) in [5.41, 5.74) is 1.86. The Morgan fingerprint density at radius 3 is 2.18 bits per heavy atom. The van der Waals surface area contributed by atoms with E-state index in [1.165, 1.54) is 0 Å². The predicted molar refractivity (Wildman–Crippen MR) is 88.2 cm³/mol. The number of hydrogen-bond donors (Lipinski definition) is 2. The molecule has 0 amide bonds. The molecular weight excluding hydrogens is 276 g/mol. The summed E-state index contributed by atoms with van der Waals surface area (Å²) >= 11 is 0. The Bertz CT molecular complexity index is 595. The van der Waals surface area contributed by atoms with Crippen molar-refractivity contribution in [3.05, 3.63) is 60.2 Å². The molecule has 1 aliphatic heterocycles. The molecule has 116 valence electrons. The summed E-state index contributed by atoms with van der Waals surface area (Å²) in [6, 6.07) is 17.2. The van der Waals surface area contributed by atoms with Gasteiger partial charge in [0.15, 0.2) is 0 Å². The quantitative estimate of drug-likeness (QED) is 0.909. The molecule has 1 fully saturated rings. The van der Waals surface area contributed by atoms with Gasteiger partial charge in [0.2, 0.25) is 0 Å². The molecule has 1 saturated heterocycles. The third kappa shape index (κ3) is 3.40. The van der Waals surface area contributed by atoms with Crippen molar-refractivity contribution in [2.75, 3.05) is 37.6 Å². The van der Waals surface area contributed by atoms with E-state index in [2.05, 4.69) is 9.80 Å². The Morgan fingerprint density at radius 1 is 0.864 bits per heavy atom. The van der Waals surface area contributed by atoms with Gasteiger partial charge in [0.25, 0.3) is 0 Å². The molecule has 0 bridgehead atoms. The van der Waals surface area contributed by atoms with E-state index in [1.54, 1.807) is 6.07 Å². The van der Waals surface area contributed by atoms with Crippen molar-refractivity contribution in [3.8, 4) is 5.75 Å². The number of hydrogen-bond acceptors (Lipinski definition) is 4. The van der Waals surface area contributed by atoms with Gasteiger partial charge in [-0.05, 0) is 17.7 Å². The van der Waals surface area contributed by atoms with Gasteiger partial charge in [0.1, 0.15) is 5.75 Å². The van der Waals surface area contributed by atoms with E-state index >= 15 is 0 Å². The van der Waals surface area contributed by atoms with Gasteiger partial charge in [-0.25, -0.2) is 0 Å².